The molecule has 37 valence electrons. The zero-order valence-corrected chi connectivity index (χ0v) is 3.68. The van der Waals surface area contributed by atoms with Gasteiger partial charge in [0.2, 0.25) is 0 Å². The molecule has 0 aromatic carbocycles. The Balaban J connectivity index is 3.04. The number of H-pyrrole nitrogens is 1. The van der Waals surface area contributed by atoms with E-state index >= 15 is 0 Å². The summed E-state index contributed by atoms with van der Waals surface area (Å²) in [7, 11) is 0. The van der Waals surface area contributed by atoms with Crippen molar-refractivity contribution in [3.63, 3.8) is 0 Å². The Morgan fingerprint density at radius 3 is 2.71 bits per heavy atom. The summed E-state index contributed by atoms with van der Waals surface area (Å²) in [5, 5.41) is 8.45. The quantitative estimate of drug-likeness (QED) is 0.489. The van der Waals surface area contributed by atoms with Gasteiger partial charge in [0.15, 0.2) is 0 Å². The maximum Gasteiger partial charge on any atom is 0.291 e. The van der Waals surface area contributed by atoms with Crippen molar-refractivity contribution in [1.82, 2.24) is 9.97 Å². The molecule has 0 bridgehead atoms. The number of aromatic amines is 1. The lowest BCUT2D eigenvalue weighted by Gasteiger charge is -1.71. The fourth-order valence-corrected chi connectivity index (χ4v) is 0.348. The van der Waals surface area contributed by atoms with Crippen LogP contribution in [0, 0.1) is 6.92 Å². The van der Waals surface area contributed by atoms with E-state index in [0.717, 1.165) is 0 Å². The van der Waals surface area contributed by atoms with Gasteiger partial charge in [0.25, 0.3) is 6.01 Å². The third-order valence-electron chi connectivity index (χ3n) is 0.617. The number of hydrogen-bond donors (Lipinski definition) is 2. The molecule has 1 radical (unpaired) electrons. The van der Waals surface area contributed by atoms with Crippen LogP contribution in [-0.2, 0) is 0 Å². The molecule has 7 heavy (non-hydrogen) atoms. The third-order valence-corrected chi connectivity index (χ3v) is 0.617. The first-order valence-electron chi connectivity index (χ1n) is 1.85. The van der Waals surface area contributed by atoms with Gasteiger partial charge in [-0.1, -0.05) is 0 Å². The highest BCUT2D eigenvalue weighted by molar-refractivity contribution is 5.05. The summed E-state index contributed by atoms with van der Waals surface area (Å²) in [5.41, 5.74) is 0.553. The highest BCUT2D eigenvalue weighted by Crippen LogP contribution is 1.97. The van der Waals surface area contributed by atoms with Crippen molar-refractivity contribution in [2.75, 3.05) is 0 Å². The van der Waals surface area contributed by atoms with Crippen LogP contribution in [0.2, 0.25) is 0 Å². The van der Waals surface area contributed by atoms with Crippen molar-refractivity contribution >= 4 is 0 Å². The van der Waals surface area contributed by atoms with E-state index in [0.29, 0.717) is 5.69 Å². The Morgan fingerprint density at radius 2 is 2.57 bits per heavy atom. The molecular weight excluding hydrogens is 92.1 g/mol. The normalized spacial score (nSPS) is 9.29. The molecule has 1 aromatic heterocycles. The monoisotopic (exact) mass is 97.0 g/mol. The van der Waals surface area contributed by atoms with Crippen molar-refractivity contribution < 1.29 is 5.11 Å². The zero-order valence-electron chi connectivity index (χ0n) is 3.68. The Bertz CT molecular complexity index is 142. The maximum absolute atomic E-state index is 8.45. The molecule has 0 spiro atoms. The summed E-state index contributed by atoms with van der Waals surface area (Å²) in [5.74, 6) is 0. The summed E-state index contributed by atoms with van der Waals surface area (Å²) in [6.07, 6.45) is 1.52. The van der Waals surface area contributed by atoms with Crippen molar-refractivity contribution in [2.45, 2.75) is 0 Å². The van der Waals surface area contributed by atoms with Crippen LogP contribution in [0.5, 0.6) is 6.01 Å². The van der Waals surface area contributed by atoms with E-state index in [9.17, 15) is 0 Å². The molecule has 0 atom stereocenters. The van der Waals surface area contributed by atoms with Gasteiger partial charge in [-0.15, -0.1) is 0 Å². The van der Waals surface area contributed by atoms with Gasteiger partial charge in [0.05, 0.1) is 5.69 Å². The van der Waals surface area contributed by atoms with Gasteiger partial charge in [-0.25, -0.2) is 4.98 Å². The number of nitrogens with zero attached hydrogens (tertiary/aromatic N) is 1. The average Bonchev–Trinajstić information content (AvgIpc) is 1.87. The highest BCUT2D eigenvalue weighted by Gasteiger charge is 1.87. The average molecular weight is 97.1 g/mol. The number of nitrogens with one attached hydrogen (secondary N) is 1. The van der Waals surface area contributed by atoms with Crippen LogP contribution in [-0.4, -0.2) is 15.1 Å². The van der Waals surface area contributed by atoms with E-state index < -0.39 is 0 Å². The minimum atomic E-state index is -0.0787. The lowest BCUT2D eigenvalue weighted by molar-refractivity contribution is 0.436. The molecule has 1 heterocycles. The summed E-state index contributed by atoms with van der Waals surface area (Å²) >= 11 is 0. The topological polar surface area (TPSA) is 48.9 Å². The molecule has 3 nitrogen and oxygen atoms in total. The molecule has 2 N–H and O–H groups in total. The largest absolute Gasteiger partial charge is 0.480 e. The standard InChI is InChI=1S/C4H5N2O/c1-3-2-5-4(7)6-3/h2H,1H2,(H2,5,6,7). The minimum Gasteiger partial charge on any atom is -0.480 e. The van der Waals surface area contributed by atoms with Gasteiger partial charge in [-0.3, -0.25) is 0 Å². The molecular formula is C4H5N2O. The molecule has 0 fully saturated rings. The first kappa shape index (κ1) is 4.18. The Kier molecular flexibility index (Phi) is 0.749. The first-order chi connectivity index (χ1) is 3.29. The summed E-state index contributed by atoms with van der Waals surface area (Å²) < 4.78 is 0. The molecule has 1 rings (SSSR count). The molecule has 0 amide bonds. The molecule has 0 unspecified atom stereocenters. The van der Waals surface area contributed by atoms with Gasteiger partial charge in [-0.2, -0.15) is 0 Å². The van der Waals surface area contributed by atoms with Crippen LogP contribution >= 0.6 is 0 Å². The molecule has 0 saturated heterocycles. The van der Waals surface area contributed by atoms with Crippen LogP contribution in [0.4, 0.5) is 0 Å². The summed E-state index contributed by atoms with van der Waals surface area (Å²) in [6.45, 7) is 3.44. The lowest BCUT2D eigenvalue weighted by Crippen LogP contribution is -1.63. The number of aromatic nitrogens is 2. The Labute approximate surface area is 41.0 Å². The van der Waals surface area contributed by atoms with Crippen molar-refractivity contribution in [3.8, 4) is 6.01 Å². The van der Waals surface area contributed by atoms with Gasteiger partial charge in [0.1, 0.15) is 0 Å². The van der Waals surface area contributed by atoms with Crippen molar-refractivity contribution in [1.29, 1.82) is 0 Å². The lowest BCUT2D eigenvalue weighted by atomic mass is 10.6. The van der Waals surface area contributed by atoms with Gasteiger partial charge >= 0.3 is 0 Å². The maximum atomic E-state index is 8.45. The van der Waals surface area contributed by atoms with Crippen LogP contribution in [0.15, 0.2) is 6.20 Å². The van der Waals surface area contributed by atoms with Crippen LogP contribution < -0.4 is 0 Å². The summed E-state index contributed by atoms with van der Waals surface area (Å²) in [4.78, 5) is 5.95. The second-order valence-corrected chi connectivity index (χ2v) is 1.22. The van der Waals surface area contributed by atoms with E-state index in [1.54, 1.807) is 0 Å². The second kappa shape index (κ2) is 1.26. The SMILES string of the molecule is [CH2]c1c[nH]c(O)n1. The van der Waals surface area contributed by atoms with E-state index in [2.05, 4.69) is 16.9 Å². The van der Waals surface area contributed by atoms with E-state index in [1.807, 2.05) is 0 Å². The predicted molar refractivity (Wildman–Crippen MR) is 24.7 cm³/mol. The number of rotatable bonds is 0. The smallest absolute Gasteiger partial charge is 0.291 e. The van der Waals surface area contributed by atoms with Gasteiger partial charge in [0, 0.05) is 6.20 Å². The van der Waals surface area contributed by atoms with Crippen LogP contribution in [0.3, 0.4) is 0 Å². The van der Waals surface area contributed by atoms with Gasteiger partial charge in [-0.05, 0) is 6.92 Å². The van der Waals surface area contributed by atoms with Gasteiger partial charge < -0.3 is 10.1 Å². The van der Waals surface area contributed by atoms with E-state index in [4.69, 9.17) is 5.11 Å². The van der Waals surface area contributed by atoms with Crippen molar-refractivity contribution in [2.24, 2.45) is 0 Å². The number of imidazole rings is 1. The third kappa shape index (κ3) is 0.707. The molecule has 1 aromatic rings. The number of aromatic hydroxyl groups is 1. The van der Waals surface area contributed by atoms with Crippen LogP contribution in [0.1, 0.15) is 5.69 Å². The molecule has 0 aliphatic heterocycles. The number of hydrogen-bond acceptors (Lipinski definition) is 2. The van der Waals surface area contributed by atoms with Crippen molar-refractivity contribution in [3.05, 3.63) is 18.8 Å². The molecule has 0 aliphatic rings. The van der Waals surface area contributed by atoms with E-state index in [-0.39, 0.29) is 6.01 Å². The second-order valence-electron chi connectivity index (χ2n) is 1.22. The predicted octanol–water partition coefficient (Wildman–Crippen LogP) is 0.297. The van der Waals surface area contributed by atoms with Crippen LogP contribution in [0.25, 0.3) is 0 Å². The minimum absolute atomic E-state index is 0.0787. The molecule has 0 aliphatic carbocycles. The Morgan fingerprint density at radius 1 is 1.86 bits per heavy atom. The van der Waals surface area contributed by atoms with E-state index in [1.165, 1.54) is 6.20 Å². The Hall–Kier alpha value is -0.990. The zero-order chi connectivity index (χ0) is 5.28. The first-order valence-corrected chi connectivity index (χ1v) is 1.85. The summed E-state index contributed by atoms with van der Waals surface area (Å²) in [6, 6.07) is -0.0787. The molecule has 0 saturated carbocycles. The fourth-order valence-electron chi connectivity index (χ4n) is 0.348. The molecule has 3 heteroatoms. The highest BCUT2D eigenvalue weighted by atomic mass is 16.3. The fraction of sp³-hybridized carbons (Fsp3) is 0.